The Kier molecular flexibility index (Phi) is 9.94. The Morgan fingerprint density at radius 2 is 1.62 bits per heavy atom. The molecule has 4 aromatic rings. The number of ether oxygens (including phenoxy) is 1. The van der Waals surface area contributed by atoms with Gasteiger partial charge in [0.15, 0.2) is 0 Å². The zero-order valence-electron chi connectivity index (χ0n) is 21.0. The van der Waals surface area contributed by atoms with Crippen LogP contribution in [-0.2, 0) is 17.8 Å². The Labute approximate surface area is 221 Å². The molecule has 0 fully saturated rings. The summed E-state index contributed by atoms with van der Waals surface area (Å²) >= 11 is 1.48. The van der Waals surface area contributed by atoms with Crippen LogP contribution in [0.25, 0.3) is 0 Å². The minimum Gasteiger partial charge on any atom is -0.383 e. The number of nitrogens with one attached hydrogen (secondary N) is 1. The van der Waals surface area contributed by atoms with Crippen molar-refractivity contribution in [1.29, 1.82) is 0 Å². The number of halogens is 1. The van der Waals surface area contributed by atoms with Crippen molar-refractivity contribution in [3.63, 3.8) is 0 Å². The molecule has 1 aromatic heterocycles. The second-order valence-electron chi connectivity index (χ2n) is 8.87. The molecule has 0 aliphatic carbocycles. The van der Waals surface area contributed by atoms with Crippen molar-refractivity contribution in [2.24, 2.45) is 0 Å². The van der Waals surface area contributed by atoms with Crippen molar-refractivity contribution in [2.45, 2.75) is 25.4 Å². The fourth-order valence-corrected chi connectivity index (χ4v) is 5.12. The lowest BCUT2D eigenvalue weighted by Gasteiger charge is -2.25. The zero-order valence-corrected chi connectivity index (χ0v) is 21.8. The second-order valence-corrected chi connectivity index (χ2v) is 9.82. The maximum atomic E-state index is 13.5. The van der Waals surface area contributed by atoms with Gasteiger partial charge in [0.25, 0.3) is 5.91 Å². The standard InChI is InChI=1S/C30H32FN3O2S/c1-36-19-17-32-30(35)28-22-37-29(33-28)21-34(20-23-12-14-26(31)15-13-23)18-16-27(24-8-4-2-5-9-24)25-10-6-3-7-11-25/h2-15,22,27H,16-21H2,1H3,(H,32,35). The number of methoxy groups -OCH3 is 1. The van der Waals surface area contributed by atoms with E-state index in [4.69, 9.17) is 4.74 Å². The molecule has 3 aromatic carbocycles. The van der Waals surface area contributed by atoms with Crippen LogP contribution in [0.5, 0.6) is 0 Å². The molecule has 0 saturated carbocycles. The third-order valence-electron chi connectivity index (χ3n) is 6.19. The van der Waals surface area contributed by atoms with E-state index >= 15 is 0 Å². The molecule has 0 saturated heterocycles. The maximum absolute atomic E-state index is 13.5. The number of carbonyl (C=O) groups excluding carboxylic acids is 1. The first-order valence-electron chi connectivity index (χ1n) is 12.4. The van der Waals surface area contributed by atoms with Gasteiger partial charge >= 0.3 is 0 Å². The maximum Gasteiger partial charge on any atom is 0.270 e. The summed E-state index contributed by atoms with van der Waals surface area (Å²) in [4.78, 5) is 19.3. The van der Waals surface area contributed by atoms with E-state index in [9.17, 15) is 9.18 Å². The van der Waals surface area contributed by atoms with Gasteiger partial charge in [0.2, 0.25) is 0 Å². The number of rotatable bonds is 13. The van der Waals surface area contributed by atoms with Gasteiger partial charge in [0.1, 0.15) is 16.5 Å². The van der Waals surface area contributed by atoms with Crippen molar-refractivity contribution in [3.05, 3.63) is 124 Å². The first kappa shape index (κ1) is 26.7. The van der Waals surface area contributed by atoms with Gasteiger partial charge in [-0.2, -0.15) is 0 Å². The van der Waals surface area contributed by atoms with Gasteiger partial charge in [-0.3, -0.25) is 9.69 Å². The average Bonchev–Trinajstić information content (AvgIpc) is 3.40. The van der Waals surface area contributed by atoms with Crippen LogP contribution in [0.15, 0.2) is 90.3 Å². The van der Waals surface area contributed by atoms with Gasteiger partial charge < -0.3 is 10.1 Å². The summed E-state index contributed by atoms with van der Waals surface area (Å²) in [6, 6.07) is 27.7. The number of nitrogens with zero attached hydrogens (tertiary/aromatic N) is 2. The molecule has 4 rings (SSSR count). The Balaban J connectivity index is 1.50. The summed E-state index contributed by atoms with van der Waals surface area (Å²) in [5.74, 6) is -0.193. The summed E-state index contributed by atoms with van der Waals surface area (Å²) < 4.78 is 18.5. The van der Waals surface area contributed by atoms with E-state index in [1.54, 1.807) is 12.5 Å². The number of carbonyl (C=O) groups is 1. The van der Waals surface area contributed by atoms with Crippen LogP contribution in [-0.4, -0.2) is 42.6 Å². The lowest BCUT2D eigenvalue weighted by atomic mass is 9.88. The van der Waals surface area contributed by atoms with Crippen molar-refractivity contribution in [3.8, 4) is 0 Å². The van der Waals surface area contributed by atoms with Crippen LogP contribution < -0.4 is 5.32 Å². The molecule has 0 atom stereocenters. The van der Waals surface area contributed by atoms with Gasteiger partial charge in [-0.15, -0.1) is 11.3 Å². The van der Waals surface area contributed by atoms with E-state index in [0.717, 1.165) is 23.5 Å². The first-order valence-corrected chi connectivity index (χ1v) is 13.3. The van der Waals surface area contributed by atoms with Gasteiger partial charge in [0, 0.05) is 31.5 Å². The minimum atomic E-state index is -0.243. The van der Waals surface area contributed by atoms with Crippen LogP contribution in [0.1, 0.15) is 44.5 Å². The van der Waals surface area contributed by atoms with E-state index in [1.807, 2.05) is 24.3 Å². The van der Waals surface area contributed by atoms with E-state index < -0.39 is 0 Å². The van der Waals surface area contributed by atoms with Crippen molar-refractivity contribution < 1.29 is 13.9 Å². The van der Waals surface area contributed by atoms with Crippen molar-refractivity contribution >= 4 is 17.2 Å². The van der Waals surface area contributed by atoms with Gasteiger partial charge in [0.05, 0.1) is 13.2 Å². The molecule has 1 heterocycles. The summed E-state index contributed by atoms with van der Waals surface area (Å²) in [6.45, 7) is 2.97. The number of aromatic nitrogens is 1. The molecular weight excluding hydrogens is 485 g/mol. The summed E-state index contributed by atoms with van der Waals surface area (Å²) in [6.07, 6.45) is 0.908. The normalized spacial score (nSPS) is 11.2. The lowest BCUT2D eigenvalue weighted by Crippen LogP contribution is -2.28. The Bertz CT molecular complexity index is 1190. The molecule has 1 amide bonds. The van der Waals surface area contributed by atoms with E-state index in [1.165, 1.54) is 34.6 Å². The van der Waals surface area contributed by atoms with Gasteiger partial charge in [-0.25, -0.2) is 9.37 Å². The van der Waals surface area contributed by atoms with Crippen LogP contribution in [0.3, 0.4) is 0 Å². The largest absolute Gasteiger partial charge is 0.383 e. The molecule has 0 bridgehead atoms. The first-order chi connectivity index (χ1) is 18.1. The predicted octanol–water partition coefficient (Wildman–Crippen LogP) is 5.88. The van der Waals surface area contributed by atoms with Crippen LogP contribution in [0.2, 0.25) is 0 Å². The fraction of sp³-hybridized carbons (Fsp3) is 0.267. The molecule has 1 N–H and O–H groups in total. The highest BCUT2D eigenvalue weighted by molar-refractivity contribution is 7.09. The highest BCUT2D eigenvalue weighted by Crippen LogP contribution is 2.29. The van der Waals surface area contributed by atoms with E-state index in [0.29, 0.717) is 31.9 Å². The van der Waals surface area contributed by atoms with Gasteiger partial charge in [-0.1, -0.05) is 72.8 Å². The molecule has 7 heteroatoms. The van der Waals surface area contributed by atoms with Crippen molar-refractivity contribution in [2.75, 3.05) is 26.8 Å². The number of amides is 1. The smallest absolute Gasteiger partial charge is 0.270 e. The molecule has 5 nitrogen and oxygen atoms in total. The number of thiazole rings is 1. The SMILES string of the molecule is COCCNC(=O)c1csc(CN(CCC(c2ccccc2)c2ccccc2)Cc2ccc(F)cc2)n1. The minimum absolute atomic E-state index is 0.196. The highest BCUT2D eigenvalue weighted by atomic mass is 32.1. The molecule has 37 heavy (non-hydrogen) atoms. The Morgan fingerprint density at radius 3 is 2.24 bits per heavy atom. The van der Waals surface area contributed by atoms with Crippen LogP contribution >= 0.6 is 11.3 Å². The Morgan fingerprint density at radius 1 is 0.973 bits per heavy atom. The quantitative estimate of drug-likeness (QED) is 0.225. The lowest BCUT2D eigenvalue weighted by molar-refractivity contribution is 0.0932. The van der Waals surface area contributed by atoms with E-state index in [2.05, 4.69) is 63.7 Å². The second kappa shape index (κ2) is 13.8. The fourth-order valence-electron chi connectivity index (χ4n) is 4.31. The summed E-state index contributed by atoms with van der Waals surface area (Å²) in [5.41, 5.74) is 4.01. The average molecular weight is 518 g/mol. The third-order valence-corrected chi connectivity index (χ3v) is 7.03. The molecular formula is C30H32FN3O2S. The molecule has 192 valence electrons. The van der Waals surface area contributed by atoms with E-state index in [-0.39, 0.29) is 17.6 Å². The Hall–Kier alpha value is -3.39. The highest BCUT2D eigenvalue weighted by Gasteiger charge is 2.18. The van der Waals surface area contributed by atoms with Crippen molar-refractivity contribution in [1.82, 2.24) is 15.2 Å². The molecule has 0 aliphatic rings. The molecule has 0 spiro atoms. The molecule has 0 radical (unpaired) electrons. The van der Waals surface area contributed by atoms with Gasteiger partial charge in [-0.05, 0) is 41.8 Å². The topological polar surface area (TPSA) is 54.5 Å². The monoisotopic (exact) mass is 517 g/mol. The molecule has 0 unspecified atom stereocenters. The molecule has 0 aliphatic heterocycles. The number of benzene rings is 3. The number of hydrogen-bond donors (Lipinski definition) is 1. The summed E-state index contributed by atoms with van der Waals surface area (Å²) in [7, 11) is 1.60. The van der Waals surface area contributed by atoms with Crippen LogP contribution in [0.4, 0.5) is 4.39 Å². The van der Waals surface area contributed by atoms with Crippen LogP contribution in [0, 0.1) is 5.82 Å². The zero-order chi connectivity index (χ0) is 25.9. The summed E-state index contributed by atoms with van der Waals surface area (Å²) in [5, 5.41) is 5.49. The predicted molar refractivity (Wildman–Crippen MR) is 146 cm³/mol. The third kappa shape index (κ3) is 8.05. The number of hydrogen-bond acceptors (Lipinski definition) is 5.